The highest BCUT2D eigenvalue weighted by Crippen LogP contribution is 2.59. The van der Waals surface area contributed by atoms with E-state index in [9.17, 15) is 4.79 Å². The van der Waals surface area contributed by atoms with Gasteiger partial charge in [-0.25, -0.2) is 0 Å². The Morgan fingerprint density at radius 1 is 1.23 bits per heavy atom. The normalized spacial score (nSPS) is 26.8. The van der Waals surface area contributed by atoms with Crippen LogP contribution in [0, 0.1) is 0 Å². The number of hydrogen-bond acceptors (Lipinski definition) is 3. The lowest BCUT2D eigenvalue weighted by molar-refractivity contribution is -0.137. The van der Waals surface area contributed by atoms with Crippen molar-refractivity contribution in [1.82, 2.24) is 5.32 Å². The molecule has 1 aromatic rings. The molecule has 1 saturated heterocycles. The number of amides is 1. The Hall–Kier alpha value is -0.970. The van der Waals surface area contributed by atoms with Gasteiger partial charge < -0.3 is 14.8 Å². The van der Waals surface area contributed by atoms with Crippen molar-refractivity contribution in [2.45, 2.75) is 74.5 Å². The zero-order valence-electron chi connectivity index (χ0n) is 15.8. The van der Waals surface area contributed by atoms with Gasteiger partial charge in [-0.1, -0.05) is 12.1 Å². The van der Waals surface area contributed by atoms with E-state index in [2.05, 4.69) is 5.32 Å². The molecule has 1 aromatic carbocycles. The number of hydrogen-bond donors (Lipinski definition) is 1. The third-order valence-electron chi connectivity index (χ3n) is 5.06. The highest BCUT2D eigenvalue weighted by molar-refractivity contribution is 6.51. The third kappa shape index (κ3) is 4.65. The van der Waals surface area contributed by atoms with Gasteiger partial charge in [0.25, 0.3) is 5.91 Å². The van der Waals surface area contributed by atoms with E-state index >= 15 is 0 Å². The molecule has 0 spiro atoms. The van der Waals surface area contributed by atoms with Gasteiger partial charge in [0.05, 0.1) is 5.60 Å². The number of rotatable bonds is 5. The Morgan fingerprint density at radius 3 is 2.38 bits per heavy atom. The summed E-state index contributed by atoms with van der Waals surface area (Å²) >= 11 is 12.2. The van der Waals surface area contributed by atoms with Gasteiger partial charge in [-0.05, 0) is 64.7 Å². The molecule has 1 aliphatic carbocycles. The van der Waals surface area contributed by atoms with Gasteiger partial charge in [-0.2, -0.15) is 0 Å². The van der Waals surface area contributed by atoms with Crippen LogP contribution in [-0.2, 0) is 9.53 Å². The van der Waals surface area contributed by atoms with Crippen molar-refractivity contribution in [3.63, 3.8) is 0 Å². The second kappa shape index (κ2) is 6.88. The molecule has 144 valence electrons. The maximum Gasteiger partial charge on any atom is 0.263 e. The summed E-state index contributed by atoms with van der Waals surface area (Å²) < 4.78 is 11.0. The Bertz CT molecular complexity index is 670. The number of nitrogens with one attached hydrogen (secondary N) is 1. The molecule has 26 heavy (non-hydrogen) atoms. The molecule has 1 N–H and O–H groups in total. The predicted octanol–water partition coefficient (Wildman–Crippen LogP) is 4.58. The summed E-state index contributed by atoms with van der Waals surface area (Å²) in [5, 5.41) is 3.11. The molecular weight excluding hydrogens is 373 g/mol. The largest absolute Gasteiger partial charge is 0.478 e. The van der Waals surface area contributed by atoms with Crippen molar-refractivity contribution in [3.05, 3.63) is 29.8 Å². The van der Waals surface area contributed by atoms with Crippen LogP contribution in [0.15, 0.2) is 24.3 Å². The van der Waals surface area contributed by atoms with Crippen LogP contribution in [-0.4, -0.2) is 34.1 Å². The zero-order chi connectivity index (χ0) is 19.2. The Balaban J connectivity index is 1.58. The van der Waals surface area contributed by atoms with E-state index in [1.54, 1.807) is 13.8 Å². The Kier molecular flexibility index (Phi) is 5.24. The van der Waals surface area contributed by atoms with E-state index in [-0.39, 0.29) is 23.5 Å². The SMILES string of the molecule is CC1(C)C[C@@H](NC(=O)C(C)(C)Oc2ccc([C@H]3CC3(Cl)Cl)cc2)CCO1. The molecule has 3 rings (SSSR count). The van der Waals surface area contributed by atoms with E-state index < -0.39 is 9.93 Å². The number of ether oxygens (including phenoxy) is 2. The maximum absolute atomic E-state index is 12.7. The third-order valence-corrected chi connectivity index (χ3v) is 5.90. The summed E-state index contributed by atoms with van der Waals surface area (Å²) in [6.45, 7) is 8.31. The molecule has 1 aliphatic heterocycles. The fourth-order valence-electron chi connectivity index (χ4n) is 3.40. The summed E-state index contributed by atoms with van der Waals surface area (Å²) in [5.41, 5.74) is -0.0827. The highest BCUT2D eigenvalue weighted by atomic mass is 35.5. The first-order valence-electron chi connectivity index (χ1n) is 9.10. The van der Waals surface area contributed by atoms with Crippen molar-refractivity contribution in [2.75, 3.05) is 6.61 Å². The summed E-state index contributed by atoms with van der Waals surface area (Å²) in [5.74, 6) is 0.705. The lowest BCUT2D eigenvalue weighted by Crippen LogP contribution is -2.53. The van der Waals surface area contributed by atoms with Crippen LogP contribution >= 0.6 is 23.2 Å². The van der Waals surface area contributed by atoms with E-state index in [4.69, 9.17) is 32.7 Å². The molecule has 2 fully saturated rings. The molecule has 6 heteroatoms. The molecule has 1 amide bonds. The maximum atomic E-state index is 12.7. The lowest BCUT2D eigenvalue weighted by Gasteiger charge is -2.37. The highest BCUT2D eigenvalue weighted by Gasteiger charge is 2.52. The average Bonchev–Trinajstić information content (AvgIpc) is 3.15. The van der Waals surface area contributed by atoms with Crippen LogP contribution in [0.5, 0.6) is 5.75 Å². The number of carbonyl (C=O) groups is 1. The van der Waals surface area contributed by atoms with Gasteiger partial charge >= 0.3 is 0 Å². The quantitative estimate of drug-likeness (QED) is 0.736. The molecule has 4 nitrogen and oxygen atoms in total. The molecule has 1 saturated carbocycles. The van der Waals surface area contributed by atoms with Crippen LogP contribution in [0.25, 0.3) is 0 Å². The van der Waals surface area contributed by atoms with E-state index in [1.807, 2.05) is 38.1 Å². The van der Waals surface area contributed by atoms with Crippen molar-refractivity contribution in [2.24, 2.45) is 0 Å². The van der Waals surface area contributed by atoms with Crippen LogP contribution in [0.1, 0.15) is 58.4 Å². The van der Waals surface area contributed by atoms with Crippen LogP contribution in [0.2, 0.25) is 0 Å². The smallest absolute Gasteiger partial charge is 0.263 e. The van der Waals surface area contributed by atoms with Crippen LogP contribution < -0.4 is 10.1 Å². The van der Waals surface area contributed by atoms with E-state index in [0.29, 0.717) is 12.4 Å². The second-order valence-electron chi connectivity index (χ2n) is 8.47. The summed E-state index contributed by atoms with van der Waals surface area (Å²) in [4.78, 5) is 12.7. The monoisotopic (exact) mass is 399 g/mol. The van der Waals surface area contributed by atoms with Gasteiger partial charge in [0.1, 0.15) is 10.1 Å². The molecule has 0 aromatic heterocycles. The zero-order valence-corrected chi connectivity index (χ0v) is 17.3. The molecule has 2 atom stereocenters. The Morgan fingerprint density at radius 2 is 1.85 bits per heavy atom. The first-order chi connectivity index (χ1) is 12.0. The minimum Gasteiger partial charge on any atom is -0.478 e. The summed E-state index contributed by atoms with van der Waals surface area (Å²) in [6.07, 6.45) is 2.38. The van der Waals surface area contributed by atoms with E-state index in [0.717, 1.165) is 24.8 Å². The number of halogens is 2. The standard InChI is InChI=1S/C20H27Cl2NO3/c1-18(2)11-14(9-10-25-18)23-17(24)19(3,4)26-15-7-5-13(6-8-15)16-12-20(16,21)22/h5-8,14,16H,9-12H2,1-4H3,(H,23,24)/t14-,16+/m0/s1. The second-order valence-corrected chi connectivity index (χ2v) is 10.0. The van der Waals surface area contributed by atoms with Gasteiger partial charge in [0, 0.05) is 18.6 Å². The predicted molar refractivity (Wildman–Crippen MR) is 104 cm³/mol. The topological polar surface area (TPSA) is 47.6 Å². The molecule has 0 unspecified atom stereocenters. The van der Waals surface area contributed by atoms with Gasteiger partial charge in [0.15, 0.2) is 5.60 Å². The fraction of sp³-hybridized carbons (Fsp3) is 0.650. The number of benzene rings is 1. The number of alkyl halides is 2. The van der Waals surface area contributed by atoms with Crippen molar-refractivity contribution in [3.8, 4) is 5.75 Å². The molecular formula is C20H27Cl2NO3. The molecule has 0 bridgehead atoms. The summed E-state index contributed by atoms with van der Waals surface area (Å²) in [7, 11) is 0. The lowest BCUT2D eigenvalue weighted by atomic mass is 9.93. The van der Waals surface area contributed by atoms with E-state index in [1.165, 1.54) is 0 Å². The van der Waals surface area contributed by atoms with Crippen molar-refractivity contribution in [1.29, 1.82) is 0 Å². The first-order valence-corrected chi connectivity index (χ1v) is 9.86. The molecule has 1 heterocycles. The minimum absolute atomic E-state index is 0.104. The van der Waals surface area contributed by atoms with Crippen LogP contribution in [0.3, 0.4) is 0 Å². The average molecular weight is 400 g/mol. The number of carbonyl (C=O) groups excluding carboxylic acids is 1. The minimum atomic E-state index is -0.966. The van der Waals surface area contributed by atoms with Gasteiger partial charge in [0.2, 0.25) is 0 Å². The Labute approximate surface area is 165 Å². The van der Waals surface area contributed by atoms with Crippen molar-refractivity contribution >= 4 is 29.1 Å². The summed E-state index contributed by atoms with van der Waals surface area (Å²) in [6, 6.07) is 7.75. The van der Waals surface area contributed by atoms with Crippen molar-refractivity contribution < 1.29 is 14.3 Å². The van der Waals surface area contributed by atoms with Gasteiger partial charge in [-0.3, -0.25) is 4.79 Å². The van der Waals surface area contributed by atoms with Crippen LogP contribution in [0.4, 0.5) is 0 Å². The first kappa shape index (κ1) is 19.8. The fourth-order valence-corrected chi connectivity index (χ4v) is 3.96. The van der Waals surface area contributed by atoms with Gasteiger partial charge in [-0.15, -0.1) is 23.2 Å². The molecule has 0 radical (unpaired) electrons. The molecule has 2 aliphatic rings.